The number of thiophene rings is 1. The highest BCUT2D eigenvalue weighted by molar-refractivity contribution is 7.16. The van der Waals surface area contributed by atoms with E-state index in [0.717, 1.165) is 48.9 Å². The fourth-order valence-electron chi connectivity index (χ4n) is 5.76. The van der Waals surface area contributed by atoms with Gasteiger partial charge >= 0.3 is 0 Å². The van der Waals surface area contributed by atoms with Gasteiger partial charge in [0.15, 0.2) is 5.78 Å². The van der Waals surface area contributed by atoms with Crippen molar-refractivity contribution in [1.82, 2.24) is 19.4 Å². The SMILES string of the molecule is C=CC(=O)N1CCC2(CC(n3c(NC(=O)c4ccc(C(=O)Cc5cccnc5)s4)nc4ccccc43)C2)C1. The van der Waals surface area contributed by atoms with Crippen molar-refractivity contribution >= 4 is 45.9 Å². The first kappa shape index (κ1) is 24.2. The highest BCUT2D eigenvalue weighted by atomic mass is 32.1. The van der Waals surface area contributed by atoms with Gasteiger partial charge in [0.1, 0.15) is 0 Å². The Kier molecular flexibility index (Phi) is 6.15. The largest absolute Gasteiger partial charge is 0.339 e. The molecule has 0 atom stereocenters. The van der Waals surface area contributed by atoms with Gasteiger partial charge in [-0.3, -0.25) is 24.7 Å². The summed E-state index contributed by atoms with van der Waals surface area (Å²) >= 11 is 1.18. The van der Waals surface area contributed by atoms with Crippen LogP contribution in [0.4, 0.5) is 5.95 Å². The molecule has 4 aromatic rings. The van der Waals surface area contributed by atoms with Gasteiger partial charge in [-0.15, -0.1) is 11.3 Å². The Morgan fingerprint density at radius 3 is 2.71 bits per heavy atom. The summed E-state index contributed by atoms with van der Waals surface area (Å²) in [6, 6.07) is 15.1. The van der Waals surface area contributed by atoms with Crippen LogP contribution in [0.2, 0.25) is 0 Å². The second kappa shape index (κ2) is 9.64. The van der Waals surface area contributed by atoms with Crippen LogP contribution >= 0.6 is 11.3 Å². The van der Waals surface area contributed by atoms with Crippen molar-refractivity contribution in [3.8, 4) is 0 Å². The lowest BCUT2D eigenvalue weighted by Crippen LogP contribution is -2.42. The van der Waals surface area contributed by atoms with Crippen molar-refractivity contribution in [3.05, 3.63) is 88.9 Å². The van der Waals surface area contributed by atoms with Crippen LogP contribution in [0, 0.1) is 5.41 Å². The van der Waals surface area contributed by atoms with E-state index in [-0.39, 0.29) is 35.5 Å². The summed E-state index contributed by atoms with van der Waals surface area (Å²) in [5, 5.41) is 3.01. The Hall–Kier alpha value is -4.11. The van der Waals surface area contributed by atoms with Crippen molar-refractivity contribution in [1.29, 1.82) is 0 Å². The molecule has 2 amide bonds. The molecule has 1 saturated carbocycles. The fraction of sp³-hybridized carbons (Fsp3) is 0.276. The predicted molar refractivity (Wildman–Crippen MR) is 146 cm³/mol. The molecule has 0 unspecified atom stereocenters. The van der Waals surface area contributed by atoms with E-state index >= 15 is 0 Å². The number of pyridine rings is 1. The molecule has 6 rings (SSSR count). The first-order valence-electron chi connectivity index (χ1n) is 12.7. The van der Waals surface area contributed by atoms with Gasteiger partial charge in [-0.1, -0.05) is 24.8 Å². The molecule has 9 heteroatoms. The Balaban J connectivity index is 1.19. The predicted octanol–water partition coefficient (Wildman–Crippen LogP) is 4.91. The van der Waals surface area contributed by atoms with Crippen LogP contribution < -0.4 is 5.32 Å². The van der Waals surface area contributed by atoms with Crippen molar-refractivity contribution in [2.24, 2.45) is 5.41 Å². The minimum atomic E-state index is -0.287. The lowest BCUT2D eigenvalue weighted by atomic mass is 9.65. The van der Waals surface area contributed by atoms with Crippen LogP contribution in [0.15, 0.2) is 73.6 Å². The second-order valence-electron chi connectivity index (χ2n) is 10.1. The van der Waals surface area contributed by atoms with Gasteiger partial charge in [0.2, 0.25) is 11.9 Å². The Morgan fingerprint density at radius 2 is 1.92 bits per heavy atom. The number of aromatic nitrogens is 3. The van der Waals surface area contributed by atoms with E-state index in [1.54, 1.807) is 30.6 Å². The molecule has 2 fully saturated rings. The Morgan fingerprint density at radius 1 is 1.11 bits per heavy atom. The van der Waals surface area contributed by atoms with Crippen LogP contribution in [0.25, 0.3) is 11.0 Å². The second-order valence-corrected chi connectivity index (χ2v) is 11.2. The number of imidazole rings is 1. The number of ketones is 1. The minimum absolute atomic E-state index is 0.0133. The summed E-state index contributed by atoms with van der Waals surface area (Å²) in [5.41, 5.74) is 2.73. The van der Waals surface area contributed by atoms with E-state index in [1.807, 2.05) is 35.2 Å². The van der Waals surface area contributed by atoms with Crippen molar-refractivity contribution in [2.75, 3.05) is 18.4 Å². The van der Waals surface area contributed by atoms with Gasteiger partial charge in [0.05, 0.1) is 20.8 Å². The molecule has 3 aromatic heterocycles. The molecule has 8 nitrogen and oxygen atoms in total. The molecular weight excluding hydrogens is 498 g/mol. The summed E-state index contributed by atoms with van der Waals surface area (Å²) in [4.78, 5) is 49.7. The maximum atomic E-state index is 13.2. The standard InChI is InChI=1S/C29H27N5O3S/c1-2-26(36)33-13-11-29(18-33)15-20(16-29)34-22-8-4-3-7-21(22)31-28(34)32-27(37)25-10-9-24(38-25)23(35)14-19-6-5-12-30-17-19/h2-10,12,17,20H,1,11,13-16,18H2,(H,31,32,37). The number of rotatable bonds is 7. The highest BCUT2D eigenvalue weighted by Crippen LogP contribution is 2.55. The van der Waals surface area contributed by atoms with E-state index in [0.29, 0.717) is 15.7 Å². The van der Waals surface area contributed by atoms with Gasteiger partial charge in [-0.05, 0) is 66.6 Å². The molecular formula is C29H27N5O3S. The molecule has 38 heavy (non-hydrogen) atoms. The number of benzene rings is 1. The topological polar surface area (TPSA) is 97.2 Å². The third-order valence-corrected chi connectivity index (χ3v) is 8.77. The Labute approximate surface area is 224 Å². The highest BCUT2D eigenvalue weighted by Gasteiger charge is 2.50. The van der Waals surface area contributed by atoms with E-state index in [2.05, 4.69) is 21.4 Å². The molecule has 1 aromatic carbocycles. The van der Waals surface area contributed by atoms with E-state index in [1.165, 1.54) is 17.4 Å². The van der Waals surface area contributed by atoms with E-state index in [4.69, 9.17) is 4.98 Å². The summed E-state index contributed by atoms with van der Waals surface area (Å²) in [6.45, 7) is 5.12. The summed E-state index contributed by atoms with van der Waals surface area (Å²) < 4.78 is 2.12. The number of hydrogen-bond acceptors (Lipinski definition) is 6. The van der Waals surface area contributed by atoms with Gasteiger partial charge in [0.25, 0.3) is 5.91 Å². The maximum Gasteiger partial charge on any atom is 0.268 e. The number of likely N-dealkylation sites (tertiary alicyclic amines) is 1. The van der Waals surface area contributed by atoms with Gasteiger partial charge in [-0.2, -0.15) is 0 Å². The smallest absolute Gasteiger partial charge is 0.268 e. The fourth-order valence-corrected chi connectivity index (χ4v) is 6.60. The van der Waals surface area contributed by atoms with Crippen molar-refractivity contribution in [3.63, 3.8) is 0 Å². The quantitative estimate of drug-likeness (QED) is 0.273. The molecule has 4 heterocycles. The number of Topliss-reactive ketones (excluding diaryl/α,β-unsaturated/α-hetero) is 1. The average molecular weight is 526 g/mol. The van der Waals surface area contributed by atoms with Crippen LogP contribution in [0.1, 0.15) is 50.2 Å². The maximum absolute atomic E-state index is 13.2. The minimum Gasteiger partial charge on any atom is -0.339 e. The third-order valence-electron chi connectivity index (χ3n) is 7.64. The number of nitrogens with one attached hydrogen (secondary N) is 1. The molecule has 1 N–H and O–H groups in total. The normalized spacial score (nSPS) is 20.4. The van der Waals surface area contributed by atoms with E-state index < -0.39 is 0 Å². The van der Waals surface area contributed by atoms with Gasteiger partial charge in [-0.25, -0.2) is 4.98 Å². The summed E-state index contributed by atoms with van der Waals surface area (Å²) in [6.07, 6.45) is 7.78. The molecule has 192 valence electrons. The first-order chi connectivity index (χ1) is 18.4. The summed E-state index contributed by atoms with van der Waals surface area (Å²) in [5.74, 6) is 0.157. The number of para-hydroxylation sites is 2. The van der Waals surface area contributed by atoms with Crippen molar-refractivity contribution < 1.29 is 14.4 Å². The number of carbonyl (C=O) groups excluding carboxylic acids is 3. The number of carbonyl (C=O) groups is 3. The van der Waals surface area contributed by atoms with E-state index in [9.17, 15) is 14.4 Å². The third kappa shape index (κ3) is 4.43. The molecule has 1 aliphatic carbocycles. The molecule has 0 radical (unpaired) electrons. The van der Waals surface area contributed by atoms with Gasteiger partial charge in [0, 0.05) is 37.9 Å². The first-order valence-corrected chi connectivity index (χ1v) is 13.5. The number of amides is 2. The van der Waals surface area contributed by atoms with Gasteiger partial charge < -0.3 is 9.47 Å². The molecule has 0 bridgehead atoms. The van der Waals surface area contributed by atoms with Crippen LogP contribution in [-0.4, -0.2) is 50.1 Å². The lowest BCUT2D eigenvalue weighted by molar-refractivity contribution is -0.125. The zero-order valence-corrected chi connectivity index (χ0v) is 21.6. The average Bonchev–Trinajstić information content (AvgIpc) is 3.65. The summed E-state index contributed by atoms with van der Waals surface area (Å²) in [7, 11) is 0. The molecule has 1 aliphatic heterocycles. The van der Waals surface area contributed by atoms with Crippen LogP contribution in [0.3, 0.4) is 0 Å². The number of nitrogens with zero attached hydrogens (tertiary/aromatic N) is 4. The zero-order valence-electron chi connectivity index (χ0n) is 20.8. The molecule has 2 aliphatic rings. The number of anilines is 1. The van der Waals surface area contributed by atoms with Crippen LogP contribution in [0.5, 0.6) is 0 Å². The lowest BCUT2D eigenvalue weighted by Gasteiger charge is -2.46. The van der Waals surface area contributed by atoms with Crippen molar-refractivity contribution in [2.45, 2.75) is 31.7 Å². The monoisotopic (exact) mass is 525 g/mol. The molecule has 1 spiro atoms. The molecule has 1 saturated heterocycles. The Bertz CT molecular complexity index is 1550. The van der Waals surface area contributed by atoms with Crippen LogP contribution in [-0.2, 0) is 11.2 Å². The zero-order chi connectivity index (χ0) is 26.3. The number of fused-ring (bicyclic) bond motifs is 1. The number of hydrogen-bond donors (Lipinski definition) is 1.